The quantitative estimate of drug-likeness (QED) is 0.473. The first-order valence-corrected chi connectivity index (χ1v) is 9.76. The minimum Gasteiger partial charge on any atom is -0.493 e. The van der Waals surface area contributed by atoms with E-state index in [1.807, 2.05) is 18.2 Å². The van der Waals surface area contributed by atoms with E-state index in [1.54, 1.807) is 0 Å². The van der Waals surface area contributed by atoms with E-state index in [1.165, 1.54) is 44.3 Å². The van der Waals surface area contributed by atoms with Crippen molar-refractivity contribution in [3.8, 4) is 5.75 Å². The van der Waals surface area contributed by atoms with Gasteiger partial charge in [-0.2, -0.15) is 0 Å². The lowest BCUT2D eigenvalue weighted by Gasteiger charge is -2.33. The zero-order valence-electron chi connectivity index (χ0n) is 15.4. The lowest BCUT2D eigenvalue weighted by molar-refractivity contribution is 0.158. The summed E-state index contributed by atoms with van der Waals surface area (Å²) in [5, 5.41) is 3.36. The van der Waals surface area contributed by atoms with Gasteiger partial charge in [-0.25, -0.2) is 0 Å². The molecule has 2 aliphatic rings. The highest BCUT2D eigenvalue weighted by molar-refractivity contribution is 5.78. The van der Waals surface area contributed by atoms with Crippen LogP contribution in [-0.4, -0.2) is 43.1 Å². The number of ether oxygens (including phenoxy) is 1. The Kier molecular flexibility index (Phi) is 6.56. The molecule has 1 saturated heterocycles. The van der Waals surface area contributed by atoms with Gasteiger partial charge in [-0.1, -0.05) is 24.6 Å². The SMILES string of the molecule is CC1CCCCN1CCCCN=C(N)NC1CCOc2ccccc21. The summed E-state index contributed by atoms with van der Waals surface area (Å²) in [6, 6.07) is 9.09. The Balaban J connectivity index is 1.39. The van der Waals surface area contributed by atoms with Crippen LogP contribution in [0.2, 0.25) is 0 Å². The molecule has 0 saturated carbocycles. The van der Waals surface area contributed by atoms with Gasteiger partial charge in [-0.15, -0.1) is 0 Å². The van der Waals surface area contributed by atoms with Gasteiger partial charge in [0.15, 0.2) is 5.96 Å². The van der Waals surface area contributed by atoms with Crippen molar-refractivity contribution in [2.45, 2.75) is 57.5 Å². The number of unbranched alkanes of at least 4 members (excludes halogenated alkanes) is 1. The summed E-state index contributed by atoms with van der Waals surface area (Å²) in [5.74, 6) is 1.50. The van der Waals surface area contributed by atoms with Crippen LogP contribution in [0.3, 0.4) is 0 Å². The van der Waals surface area contributed by atoms with Gasteiger partial charge in [0.05, 0.1) is 12.6 Å². The normalized spacial score (nSPS) is 24.4. The zero-order valence-corrected chi connectivity index (χ0v) is 15.4. The van der Waals surface area contributed by atoms with Crippen LogP contribution >= 0.6 is 0 Å². The zero-order chi connectivity index (χ0) is 17.5. The van der Waals surface area contributed by atoms with Crippen LogP contribution < -0.4 is 15.8 Å². The van der Waals surface area contributed by atoms with Gasteiger partial charge in [0, 0.05) is 24.6 Å². The summed E-state index contributed by atoms with van der Waals surface area (Å²) < 4.78 is 5.69. The van der Waals surface area contributed by atoms with Gasteiger partial charge < -0.3 is 20.7 Å². The average molecular weight is 345 g/mol. The van der Waals surface area contributed by atoms with Crippen LogP contribution in [-0.2, 0) is 0 Å². The molecule has 0 aromatic heterocycles. The number of rotatable bonds is 6. The maximum absolute atomic E-state index is 6.10. The number of benzene rings is 1. The van der Waals surface area contributed by atoms with E-state index in [2.05, 4.69) is 28.2 Å². The number of hydrogen-bond acceptors (Lipinski definition) is 3. The third-order valence-electron chi connectivity index (χ3n) is 5.36. The number of guanidine groups is 1. The molecule has 1 aromatic carbocycles. The summed E-state index contributed by atoms with van der Waals surface area (Å²) in [4.78, 5) is 7.14. The Morgan fingerprint density at radius 2 is 2.16 bits per heavy atom. The maximum atomic E-state index is 6.10. The van der Waals surface area contributed by atoms with Gasteiger partial charge in [0.2, 0.25) is 0 Å². The highest BCUT2D eigenvalue weighted by Crippen LogP contribution is 2.31. The second-order valence-corrected chi connectivity index (χ2v) is 7.23. The van der Waals surface area contributed by atoms with Crippen LogP contribution in [0.25, 0.3) is 0 Å². The van der Waals surface area contributed by atoms with Crippen LogP contribution in [0.15, 0.2) is 29.3 Å². The molecule has 3 N–H and O–H groups in total. The molecule has 1 aromatic rings. The van der Waals surface area contributed by atoms with Crippen LogP contribution in [0, 0.1) is 0 Å². The van der Waals surface area contributed by atoms with E-state index in [-0.39, 0.29) is 6.04 Å². The molecule has 5 nitrogen and oxygen atoms in total. The third kappa shape index (κ3) is 5.11. The topological polar surface area (TPSA) is 62.9 Å². The number of nitrogens with zero attached hydrogens (tertiary/aromatic N) is 2. The van der Waals surface area contributed by atoms with Crippen molar-refractivity contribution < 1.29 is 4.74 Å². The monoisotopic (exact) mass is 344 g/mol. The lowest BCUT2D eigenvalue weighted by Crippen LogP contribution is -2.38. The molecule has 2 aliphatic heterocycles. The first-order chi connectivity index (χ1) is 12.2. The van der Waals surface area contributed by atoms with E-state index >= 15 is 0 Å². The number of aliphatic imine (C=N–C) groups is 1. The van der Waals surface area contributed by atoms with Crippen molar-refractivity contribution in [3.05, 3.63) is 29.8 Å². The fourth-order valence-electron chi connectivity index (χ4n) is 3.83. The van der Waals surface area contributed by atoms with E-state index in [0.717, 1.165) is 37.8 Å². The van der Waals surface area contributed by atoms with Crippen molar-refractivity contribution in [2.75, 3.05) is 26.2 Å². The van der Waals surface area contributed by atoms with Crippen LogP contribution in [0.4, 0.5) is 0 Å². The fourth-order valence-corrected chi connectivity index (χ4v) is 3.83. The molecule has 1 fully saturated rings. The van der Waals surface area contributed by atoms with E-state index in [4.69, 9.17) is 10.5 Å². The Morgan fingerprint density at radius 3 is 3.04 bits per heavy atom. The molecule has 138 valence electrons. The number of nitrogens with two attached hydrogens (primary N) is 1. The Morgan fingerprint density at radius 1 is 1.28 bits per heavy atom. The highest BCUT2D eigenvalue weighted by atomic mass is 16.5. The number of fused-ring (bicyclic) bond motifs is 1. The average Bonchev–Trinajstić information content (AvgIpc) is 2.63. The molecule has 25 heavy (non-hydrogen) atoms. The molecule has 0 spiro atoms. The van der Waals surface area contributed by atoms with Gasteiger partial charge in [-0.05, 0) is 51.8 Å². The largest absolute Gasteiger partial charge is 0.493 e. The highest BCUT2D eigenvalue weighted by Gasteiger charge is 2.21. The standard InChI is InChI=1S/C20H32N4O/c1-16-8-4-6-13-24(16)14-7-5-12-22-20(21)23-18-11-15-25-19-10-3-2-9-17(18)19/h2-3,9-10,16,18H,4-8,11-15H2,1H3,(H3,21,22,23). The van der Waals surface area contributed by atoms with Crippen LogP contribution in [0.5, 0.6) is 5.75 Å². The number of hydrogen-bond donors (Lipinski definition) is 2. The second-order valence-electron chi connectivity index (χ2n) is 7.23. The third-order valence-corrected chi connectivity index (χ3v) is 5.36. The molecule has 0 radical (unpaired) electrons. The van der Waals surface area contributed by atoms with Crippen molar-refractivity contribution >= 4 is 5.96 Å². The van der Waals surface area contributed by atoms with Gasteiger partial charge >= 0.3 is 0 Å². The van der Waals surface area contributed by atoms with Gasteiger partial charge in [0.25, 0.3) is 0 Å². The fraction of sp³-hybridized carbons (Fsp3) is 0.650. The molecule has 0 aliphatic carbocycles. The molecule has 5 heteroatoms. The summed E-state index contributed by atoms with van der Waals surface area (Å²) in [5.41, 5.74) is 7.27. The summed E-state index contributed by atoms with van der Waals surface area (Å²) >= 11 is 0. The molecule has 2 atom stereocenters. The Labute approximate surface area is 151 Å². The molecule has 0 amide bonds. The lowest BCUT2D eigenvalue weighted by atomic mass is 10.0. The predicted octanol–water partition coefficient (Wildman–Crippen LogP) is 3.07. The minimum atomic E-state index is 0.197. The number of para-hydroxylation sites is 1. The van der Waals surface area contributed by atoms with Gasteiger partial charge in [0.1, 0.15) is 5.75 Å². The van der Waals surface area contributed by atoms with Gasteiger partial charge in [-0.3, -0.25) is 4.99 Å². The number of nitrogens with one attached hydrogen (secondary N) is 1. The molecule has 2 heterocycles. The Bertz CT molecular complexity index is 575. The van der Waals surface area contributed by atoms with Crippen molar-refractivity contribution in [2.24, 2.45) is 10.7 Å². The smallest absolute Gasteiger partial charge is 0.189 e. The molecular weight excluding hydrogens is 312 g/mol. The summed E-state index contributed by atoms with van der Waals surface area (Å²) in [6.07, 6.45) is 7.30. The van der Waals surface area contributed by atoms with E-state index in [0.29, 0.717) is 5.96 Å². The van der Waals surface area contributed by atoms with Crippen molar-refractivity contribution in [3.63, 3.8) is 0 Å². The van der Waals surface area contributed by atoms with E-state index < -0.39 is 0 Å². The van der Waals surface area contributed by atoms with Crippen molar-refractivity contribution in [1.82, 2.24) is 10.2 Å². The molecule has 3 rings (SSSR count). The minimum absolute atomic E-state index is 0.197. The second kappa shape index (κ2) is 9.09. The van der Waals surface area contributed by atoms with E-state index in [9.17, 15) is 0 Å². The summed E-state index contributed by atoms with van der Waals surface area (Å²) in [6.45, 7) is 6.32. The predicted molar refractivity (Wildman–Crippen MR) is 103 cm³/mol. The number of piperidine rings is 1. The van der Waals surface area contributed by atoms with Crippen molar-refractivity contribution in [1.29, 1.82) is 0 Å². The Hall–Kier alpha value is -1.75. The van der Waals surface area contributed by atoms with Crippen LogP contribution in [0.1, 0.15) is 57.1 Å². The first-order valence-electron chi connectivity index (χ1n) is 9.76. The molecule has 2 unspecified atom stereocenters. The first kappa shape index (κ1) is 18.1. The number of likely N-dealkylation sites (tertiary alicyclic amines) is 1. The summed E-state index contributed by atoms with van der Waals surface area (Å²) in [7, 11) is 0. The molecule has 0 bridgehead atoms. The maximum Gasteiger partial charge on any atom is 0.189 e. The molecular formula is C20H32N4O.